The van der Waals surface area contributed by atoms with Gasteiger partial charge in [0.15, 0.2) is 0 Å². The zero-order valence-electron chi connectivity index (χ0n) is 9.61. The van der Waals surface area contributed by atoms with Crippen LogP contribution >= 0.6 is 0 Å². The maximum atomic E-state index is 11.8. The molecule has 1 aromatic heterocycles. The lowest BCUT2D eigenvalue weighted by Crippen LogP contribution is -2.44. The average Bonchev–Trinajstić information content (AvgIpc) is 2.40. The van der Waals surface area contributed by atoms with Gasteiger partial charge in [0.1, 0.15) is 0 Å². The van der Waals surface area contributed by atoms with E-state index in [0.29, 0.717) is 19.4 Å². The molecule has 0 saturated carbocycles. The number of carbonyl (C=O) groups excluding carboxylic acids is 1. The minimum Gasteiger partial charge on any atom is -0.481 e. The molecule has 96 valence electrons. The third kappa shape index (κ3) is 2.90. The summed E-state index contributed by atoms with van der Waals surface area (Å²) in [6.07, 6.45) is 4.09. The number of urea groups is 1. The molecule has 0 radical (unpaired) electrons. The molecule has 1 aliphatic heterocycles. The molecule has 0 unspecified atom stereocenters. The Kier molecular flexibility index (Phi) is 3.66. The van der Waals surface area contributed by atoms with Crippen LogP contribution in [0.1, 0.15) is 12.8 Å². The summed E-state index contributed by atoms with van der Waals surface area (Å²) in [5.74, 6) is -1.26. The molecule has 0 spiro atoms. The molecular weight excluding hydrogens is 238 g/mol. The van der Waals surface area contributed by atoms with Gasteiger partial charge < -0.3 is 10.0 Å². The summed E-state index contributed by atoms with van der Waals surface area (Å²) in [5.41, 5.74) is 0. The molecule has 0 bridgehead atoms. The van der Waals surface area contributed by atoms with Gasteiger partial charge in [-0.05, 0) is 12.8 Å². The SMILES string of the molecule is O=C(O)[C@@H]1CCCN(C(=O)Nc2nccnn2)C1. The molecule has 2 N–H and O–H groups in total. The zero-order valence-corrected chi connectivity index (χ0v) is 9.61. The molecule has 1 saturated heterocycles. The second kappa shape index (κ2) is 5.39. The Hall–Kier alpha value is -2.25. The number of piperidine rings is 1. The number of hydrogen-bond acceptors (Lipinski definition) is 5. The van der Waals surface area contributed by atoms with Crippen LogP contribution in [0.2, 0.25) is 0 Å². The molecule has 0 aliphatic carbocycles. The van der Waals surface area contributed by atoms with E-state index in [0.717, 1.165) is 0 Å². The number of hydrogen-bond donors (Lipinski definition) is 2. The van der Waals surface area contributed by atoms with Gasteiger partial charge in [0, 0.05) is 13.1 Å². The van der Waals surface area contributed by atoms with Gasteiger partial charge in [0.25, 0.3) is 5.95 Å². The number of anilines is 1. The van der Waals surface area contributed by atoms with Gasteiger partial charge in [-0.3, -0.25) is 10.1 Å². The van der Waals surface area contributed by atoms with Gasteiger partial charge in [-0.25, -0.2) is 9.78 Å². The summed E-state index contributed by atoms with van der Waals surface area (Å²) in [6, 6.07) is -0.394. The van der Waals surface area contributed by atoms with Crippen LogP contribution in [-0.2, 0) is 4.79 Å². The van der Waals surface area contributed by atoms with Gasteiger partial charge in [-0.15, -0.1) is 5.10 Å². The van der Waals surface area contributed by atoms with E-state index in [4.69, 9.17) is 5.11 Å². The van der Waals surface area contributed by atoms with Gasteiger partial charge in [0.2, 0.25) is 0 Å². The Morgan fingerprint density at radius 1 is 1.44 bits per heavy atom. The van der Waals surface area contributed by atoms with Crippen LogP contribution in [0.4, 0.5) is 10.7 Å². The Morgan fingerprint density at radius 3 is 2.94 bits per heavy atom. The minimum absolute atomic E-state index is 0.111. The number of amides is 2. The summed E-state index contributed by atoms with van der Waals surface area (Å²) < 4.78 is 0. The second-order valence-electron chi connectivity index (χ2n) is 4.02. The Balaban J connectivity index is 1.95. The molecule has 1 aromatic rings. The highest BCUT2D eigenvalue weighted by molar-refractivity contribution is 5.87. The van der Waals surface area contributed by atoms with Crippen LogP contribution in [0.15, 0.2) is 12.4 Å². The van der Waals surface area contributed by atoms with E-state index in [1.807, 2.05) is 0 Å². The van der Waals surface area contributed by atoms with E-state index in [-0.39, 0.29) is 12.5 Å². The number of aromatic nitrogens is 3. The van der Waals surface area contributed by atoms with Crippen molar-refractivity contribution in [1.29, 1.82) is 0 Å². The van der Waals surface area contributed by atoms with Crippen molar-refractivity contribution in [3.05, 3.63) is 12.4 Å². The monoisotopic (exact) mass is 251 g/mol. The predicted molar refractivity (Wildman–Crippen MR) is 60.8 cm³/mol. The number of carboxylic acids is 1. The lowest BCUT2D eigenvalue weighted by Gasteiger charge is -2.30. The number of nitrogens with zero attached hydrogens (tertiary/aromatic N) is 4. The van der Waals surface area contributed by atoms with Crippen LogP contribution in [0.25, 0.3) is 0 Å². The molecule has 1 atom stereocenters. The van der Waals surface area contributed by atoms with Crippen molar-refractivity contribution < 1.29 is 14.7 Å². The molecule has 1 aliphatic rings. The van der Waals surface area contributed by atoms with Crippen LogP contribution in [0.5, 0.6) is 0 Å². The third-order valence-electron chi connectivity index (χ3n) is 2.76. The summed E-state index contributed by atoms with van der Waals surface area (Å²) in [4.78, 5) is 28.0. The number of likely N-dealkylation sites (tertiary alicyclic amines) is 1. The Bertz CT molecular complexity index is 438. The molecule has 1 fully saturated rings. The van der Waals surface area contributed by atoms with Gasteiger partial charge in [-0.1, -0.05) is 0 Å². The van der Waals surface area contributed by atoms with Crippen molar-refractivity contribution in [1.82, 2.24) is 20.1 Å². The summed E-state index contributed by atoms with van der Waals surface area (Å²) in [5, 5.41) is 18.6. The van der Waals surface area contributed by atoms with Crippen LogP contribution in [0.3, 0.4) is 0 Å². The molecule has 0 aromatic carbocycles. The zero-order chi connectivity index (χ0) is 13.0. The van der Waals surface area contributed by atoms with Crippen molar-refractivity contribution in [3.8, 4) is 0 Å². The number of carboxylic acid groups (broad SMARTS) is 1. The maximum Gasteiger partial charge on any atom is 0.324 e. The third-order valence-corrected chi connectivity index (χ3v) is 2.76. The van der Waals surface area contributed by atoms with E-state index < -0.39 is 17.9 Å². The quantitative estimate of drug-likeness (QED) is 0.777. The normalized spacial score (nSPS) is 19.3. The van der Waals surface area contributed by atoms with Crippen molar-refractivity contribution >= 4 is 17.9 Å². The highest BCUT2D eigenvalue weighted by Crippen LogP contribution is 2.17. The number of carbonyl (C=O) groups is 2. The van der Waals surface area contributed by atoms with Crippen LogP contribution in [-0.4, -0.2) is 50.3 Å². The standard InChI is InChI=1S/C10H13N5O3/c16-8(17)7-2-1-5-15(6-7)10(18)13-9-11-3-4-12-14-9/h3-4,7H,1-2,5-6H2,(H,16,17)(H,11,13,14,18)/t7-/m1/s1. The van der Waals surface area contributed by atoms with Crippen LogP contribution < -0.4 is 5.32 Å². The average molecular weight is 251 g/mol. The van der Waals surface area contributed by atoms with Gasteiger partial charge in [0.05, 0.1) is 18.3 Å². The molecule has 8 heteroatoms. The van der Waals surface area contributed by atoms with Crippen LogP contribution in [0, 0.1) is 5.92 Å². The molecule has 2 amide bonds. The van der Waals surface area contributed by atoms with Crippen molar-refractivity contribution in [3.63, 3.8) is 0 Å². The number of rotatable bonds is 2. The Morgan fingerprint density at radius 2 is 2.28 bits per heavy atom. The molecule has 18 heavy (non-hydrogen) atoms. The number of nitrogens with one attached hydrogen (secondary N) is 1. The molecule has 8 nitrogen and oxygen atoms in total. The van der Waals surface area contributed by atoms with Crippen molar-refractivity contribution in [2.24, 2.45) is 5.92 Å². The fourth-order valence-electron chi connectivity index (χ4n) is 1.84. The van der Waals surface area contributed by atoms with Gasteiger partial charge >= 0.3 is 12.0 Å². The molecular formula is C10H13N5O3. The maximum absolute atomic E-state index is 11.8. The first kappa shape index (κ1) is 12.2. The van der Waals surface area contributed by atoms with E-state index >= 15 is 0 Å². The predicted octanol–water partition coefficient (Wildman–Crippen LogP) is 0.200. The molecule has 2 heterocycles. The van der Waals surface area contributed by atoms with E-state index in [1.165, 1.54) is 17.3 Å². The number of aliphatic carboxylic acids is 1. The van der Waals surface area contributed by atoms with Crippen molar-refractivity contribution in [2.75, 3.05) is 18.4 Å². The fourth-order valence-corrected chi connectivity index (χ4v) is 1.84. The second-order valence-corrected chi connectivity index (χ2v) is 4.02. The summed E-state index contributed by atoms with van der Waals surface area (Å²) in [6.45, 7) is 0.747. The Labute approximate surface area is 103 Å². The first-order valence-corrected chi connectivity index (χ1v) is 5.59. The smallest absolute Gasteiger partial charge is 0.324 e. The lowest BCUT2D eigenvalue weighted by atomic mass is 9.99. The largest absolute Gasteiger partial charge is 0.481 e. The van der Waals surface area contributed by atoms with E-state index in [9.17, 15) is 9.59 Å². The summed E-state index contributed by atoms with van der Waals surface area (Å²) >= 11 is 0. The summed E-state index contributed by atoms with van der Waals surface area (Å²) in [7, 11) is 0. The van der Waals surface area contributed by atoms with E-state index in [1.54, 1.807) is 0 Å². The van der Waals surface area contributed by atoms with Gasteiger partial charge in [-0.2, -0.15) is 5.10 Å². The fraction of sp³-hybridized carbons (Fsp3) is 0.500. The van der Waals surface area contributed by atoms with E-state index in [2.05, 4.69) is 20.5 Å². The topological polar surface area (TPSA) is 108 Å². The minimum atomic E-state index is -0.870. The highest BCUT2D eigenvalue weighted by atomic mass is 16.4. The van der Waals surface area contributed by atoms with Crippen molar-refractivity contribution in [2.45, 2.75) is 12.8 Å². The highest BCUT2D eigenvalue weighted by Gasteiger charge is 2.28. The molecule has 2 rings (SSSR count). The first-order valence-electron chi connectivity index (χ1n) is 5.59. The first-order chi connectivity index (χ1) is 8.66. The lowest BCUT2D eigenvalue weighted by molar-refractivity contribution is -0.143.